The maximum Gasteiger partial charge on any atom is 0.224 e. The Morgan fingerprint density at radius 1 is 1.50 bits per heavy atom. The summed E-state index contributed by atoms with van der Waals surface area (Å²) in [7, 11) is 1.71. The van der Waals surface area contributed by atoms with Crippen LogP contribution < -0.4 is 10.6 Å². The molecule has 0 fully saturated rings. The predicted octanol–water partition coefficient (Wildman–Crippen LogP) is 2.65. The fourth-order valence-electron chi connectivity index (χ4n) is 1.40. The maximum atomic E-state index is 13.4. The van der Waals surface area contributed by atoms with Gasteiger partial charge in [0.15, 0.2) is 11.6 Å². The Bertz CT molecular complexity index is 330. The van der Waals surface area contributed by atoms with Gasteiger partial charge in [0.05, 0.1) is 6.20 Å². The van der Waals surface area contributed by atoms with Crippen molar-refractivity contribution >= 4 is 11.8 Å². The zero-order chi connectivity index (χ0) is 12.0. The van der Waals surface area contributed by atoms with Gasteiger partial charge in [-0.3, -0.25) is 0 Å². The third-order valence-corrected chi connectivity index (χ3v) is 2.34. The fourth-order valence-corrected chi connectivity index (χ4v) is 1.40. The molecule has 16 heavy (non-hydrogen) atoms. The van der Waals surface area contributed by atoms with Crippen molar-refractivity contribution in [3.63, 3.8) is 0 Å². The van der Waals surface area contributed by atoms with E-state index in [4.69, 9.17) is 0 Å². The lowest BCUT2D eigenvalue weighted by Crippen LogP contribution is -2.17. The molecule has 0 saturated carbocycles. The van der Waals surface area contributed by atoms with Crippen molar-refractivity contribution in [1.82, 2.24) is 9.97 Å². The second kappa shape index (κ2) is 6.25. The molecule has 0 aromatic carbocycles. The van der Waals surface area contributed by atoms with Crippen LogP contribution in [0.3, 0.4) is 0 Å². The Morgan fingerprint density at radius 3 is 2.88 bits per heavy atom. The van der Waals surface area contributed by atoms with Crippen molar-refractivity contribution in [3.05, 3.63) is 12.0 Å². The molecule has 90 valence electrons. The van der Waals surface area contributed by atoms with Crippen LogP contribution >= 0.6 is 0 Å². The summed E-state index contributed by atoms with van der Waals surface area (Å²) in [6.45, 7) is 4.16. The number of aromatic nitrogens is 2. The molecule has 0 bridgehead atoms. The van der Waals surface area contributed by atoms with E-state index in [0.717, 1.165) is 19.3 Å². The normalized spacial score (nSPS) is 12.2. The quantitative estimate of drug-likeness (QED) is 0.783. The molecular formula is C11H19FN4. The van der Waals surface area contributed by atoms with Gasteiger partial charge in [-0.25, -0.2) is 9.37 Å². The number of nitrogens with one attached hydrogen (secondary N) is 2. The fraction of sp³-hybridized carbons (Fsp3) is 0.636. The first-order valence-electron chi connectivity index (χ1n) is 5.64. The van der Waals surface area contributed by atoms with E-state index in [9.17, 15) is 4.39 Å². The first-order chi connectivity index (χ1) is 7.67. The summed E-state index contributed by atoms with van der Waals surface area (Å²) in [6, 6.07) is 0.217. The number of halogens is 1. The summed E-state index contributed by atoms with van der Waals surface area (Å²) >= 11 is 0. The average molecular weight is 226 g/mol. The highest BCUT2D eigenvalue weighted by Crippen LogP contribution is 2.14. The monoisotopic (exact) mass is 226 g/mol. The molecule has 4 nitrogen and oxygen atoms in total. The first kappa shape index (κ1) is 12.7. The van der Waals surface area contributed by atoms with Crippen LogP contribution in [0.5, 0.6) is 0 Å². The van der Waals surface area contributed by atoms with E-state index in [0.29, 0.717) is 5.95 Å². The standard InChI is InChI=1S/C11H19FN4/c1-4-5-6-8(2)15-10-9(12)7-14-11(13-3)16-10/h7-8H,4-6H2,1-3H3,(H2,13,14,15,16). The van der Waals surface area contributed by atoms with Gasteiger partial charge in [-0.2, -0.15) is 4.98 Å². The van der Waals surface area contributed by atoms with E-state index in [1.807, 2.05) is 6.92 Å². The van der Waals surface area contributed by atoms with Crippen LogP contribution in [0.1, 0.15) is 33.1 Å². The van der Waals surface area contributed by atoms with E-state index in [1.54, 1.807) is 7.05 Å². The maximum absolute atomic E-state index is 13.4. The summed E-state index contributed by atoms with van der Waals surface area (Å²) in [6.07, 6.45) is 4.45. The average Bonchev–Trinajstić information content (AvgIpc) is 2.29. The van der Waals surface area contributed by atoms with E-state index >= 15 is 0 Å². The number of anilines is 2. The summed E-state index contributed by atoms with van der Waals surface area (Å²) in [5.74, 6) is 0.275. The molecule has 2 N–H and O–H groups in total. The van der Waals surface area contributed by atoms with Gasteiger partial charge in [0.25, 0.3) is 0 Å². The summed E-state index contributed by atoms with van der Waals surface area (Å²) in [5, 5.41) is 5.84. The SMILES string of the molecule is CCCCC(C)Nc1nc(NC)ncc1F. The van der Waals surface area contributed by atoms with Gasteiger partial charge in [0, 0.05) is 13.1 Å². The Labute approximate surface area is 95.7 Å². The van der Waals surface area contributed by atoms with Crippen LogP contribution in [0.2, 0.25) is 0 Å². The van der Waals surface area contributed by atoms with Gasteiger partial charge in [-0.1, -0.05) is 19.8 Å². The lowest BCUT2D eigenvalue weighted by atomic mass is 10.1. The van der Waals surface area contributed by atoms with Crippen molar-refractivity contribution in [2.45, 2.75) is 39.2 Å². The zero-order valence-corrected chi connectivity index (χ0v) is 10.0. The van der Waals surface area contributed by atoms with E-state index in [2.05, 4.69) is 27.5 Å². The first-order valence-corrected chi connectivity index (χ1v) is 5.64. The molecule has 0 saturated heterocycles. The zero-order valence-electron chi connectivity index (χ0n) is 10.0. The lowest BCUT2D eigenvalue weighted by Gasteiger charge is -2.14. The van der Waals surface area contributed by atoms with Crippen LogP contribution in [0.25, 0.3) is 0 Å². The molecule has 1 atom stereocenters. The second-order valence-electron chi connectivity index (χ2n) is 3.83. The highest BCUT2D eigenvalue weighted by Gasteiger charge is 2.09. The third kappa shape index (κ3) is 3.64. The molecule has 5 heteroatoms. The van der Waals surface area contributed by atoms with Gasteiger partial charge in [-0.05, 0) is 13.3 Å². The lowest BCUT2D eigenvalue weighted by molar-refractivity contribution is 0.601. The minimum atomic E-state index is -0.414. The Balaban J connectivity index is 2.64. The number of hydrogen-bond acceptors (Lipinski definition) is 4. The van der Waals surface area contributed by atoms with Crippen molar-refractivity contribution in [3.8, 4) is 0 Å². The molecular weight excluding hydrogens is 207 g/mol. The van der Waals surface area contributed by atoms with Crippen molar-refractivity contribution in [2.75, 3.05) is 17.7 Å². The van der Waals surface area contributed by atoms with E-state index in [-0.39, 0.29) is 11.9 Å². The molecule has 1 heterocycles. The molecule has 1 unspecified atom stereocenters. The Morgan fingerprint density at radius 2 is 2.25 bits per heavy atom. The molecule has 0 spiro atoms. The number of hydrogen-bond donors (Lipinski definition) is 2. The van der Waals surface area contributed by atoms with Gasteiger partial charge in [0.2, 0.25) is 5.95 Å². The van der Waals surface area contributed by atoms with Crippen LogP contribution in [-0.4, -0.2) is 23.1 Å². The van der Waals surface area contributed by atoms with Crippen molar-refractivity contribution < 1.29 is 4.39 Å². The summed E-state index contributed by atoms with van der Waals surface area (Å²) in [4.78, 5) is 7.82. The van der Waals surface area contributed by atoms with Crippen molar-refractivity contribution in [2.24, 2.45) is 0 Å². The predicted molar refractivity (Wildman–Crippen MR) is 64.1 cm³/mol. The number of unbranched alkanes of at least 4 members (excludes halogenated alkanes) is 1. The Hall–Kier alpha value is -1.39. The molecule has 1 rings (SSSR count). The highest BCUT2D eigenvalue weighted by molar-refractivity contribution is 5.41. The molecule has 0 aliphatic carbocycles. The third-order valence-electron chi connectivity index (χ3n) is 2.34. The van der Waals surface area contributed by atoms with E-state index in [1.165, 1.54) is 6.20 Å². The van der Waals surface area contributed by atoms with Gasteiger partial charge >= 0.3 is 0 Å². The molecule has 1 aromatic rings. The second-order valence-corrected chi connectivity index (χ2v) is 3.83. The number of rotatable bonds is 6. The summed E-state index contributed by atoms with van der Waals surface area (Å²) in [5.41, 5.74) is 0. The largest absolute Gasteiger partial charge is 0.365 e. The smallest absolute Gasteiger partial charge is 0.224 e. The topological polar surface area (TPSA) is 49.8 Å². The van der Waals surface area contributed by atoms with Crippen molar-refractivity contribution in [1.29, 1.82) is 0 Å². The molecule has 1 aromatic heterocycles. The molecule has 0 radical (unpaired) electrons. The molecule has 0 aliphatic rings. The Kier molecular flexibility index (Phi) is 4.95. The van der Waals surface area contributed by atoms with Crippen LogP contribution in [0, 0.1) is 5.82 Å². The highest BCUT2D eigenvalue weighted by atomic mass is 19.1. The minimum Gasteiger partial charge on any atom is -0.365 e. The van der Waals surface area contributed by atoms with Gasteiger partial charge in [0.1, 0.15) is 0 Å². The summed E-state index contributed by atoms with van der Waals surface area (Å²) < 4.78 is 13.4. The van der Waals surface area contributed by atoms with Crippen LogP contribution in [-0.2, 0) is 0 Å². The number of nitrogens with zero attached hydrogens (tertiary/aromatic N) is 2. The van der Waals surface area contributed by atoms with E-state index < -0.39 is 5.82 Å². The molecule has 0 aliphatic heterocycles. The van der Waals surface area contributed by atoms with Crippen LogP contribution in [0.15, 0.2) is 6.20 Å². The minimum absolute atomic E-state index is 0.217. The molecule has 0 amide bonds. The van der Waals surface area contributed by atoms with Crippen LogP contribution in [0.4, 0.5) is 16.2 Å². The van der Waals surface area contributed by atoms with Gasteiger partial charge < -0.3 is 10.6 Å². The van der Waals surface area contributed by atoms with Gasteiger partial charge in [-0.15, -0.1) is 0 Å².